The largest absolute Gasteiger partial charge is 0.358 e. The minimum absolute atomic E-state index is 0.0324. The zero-order valence-corrected chi connectivity index (χ0v) is 10.2. The molecule has 1 aromatic heterocycles. The fourth-order valence-electron chi connectivity index (χ4n) is 1.48. The molecule has 1 aromatic rings. The molecule has 0 aliphatic rings. The average Bonchev–Trinajstić information content (AvgIpc) is 2.77. The van der Waals surface area contributed by atoms with Crippen LogP contribution in [0.5, 0.6) is 0 Å². The highest BCUT2D eigenvalue weighted by Gasteiger charge is 2.17. The lowest BCUT2D eigenvalue weighted by Crippen LogP contribution is -2.42. The molecule has 2 N–H and O–H groups in total. The van der Waals surface area contributed by atoms with Crippen LogP contribution in [0.3, 0.4) is 0 Å². The summed E-state index contributed by atoms with van der Waals surface area (Å²) in [5.41, 5.74) is 0. The minimum Gasteiger partial charge on any atom is -0.358 e. The van der Waals surface area contributed by atoms with Gasteiger partial charge >= 0.3 is 0 Å². The first kappa shape index (κ1) is 12.2. The molecule has 0 fully saturated rings. The number of amides is 1. The van der Waals surface area contributed by atoms with Gasteiger partial charge in [-0.25, -0.2) is 0 Å². The fraction of sp³-hybridized carbons (Fsp3) is 0.545. The quantitative estimate of drug-likeness (QED) is 0.805. The smallest absolute Gasteiger partial charge is 0.236 e. The standard InChI is InChI=1S/C11H18N2OS/c1-4-9(10-6-5-7-15-10)13-8(2)11(14)12-3/h5-9,13H,4H2,1-3H3,(H,12,14). The van der Waals surface area contributed by atoms with Crippen molar-refractivity contribution >= 4 is 17.2 Å². The Morgan fingerprint density at radius 1 is 1.60 bits per heavy atom. The molecule has 1 heterocycles. The van der Waals surface area contributed by atoms with Gasteiger partial charge in [-0.3, -0.25) is 10.1 Å². The number of carbonyl (C=O) groups is 1. The van der Waals surface area contributed by atoms with Crippen LogP contribution in [-0.2, 0) is 4.79 Å². The van der Waals surface area contributed by atoms with Crippen molar-refractivity contribution in [3.05, 3.63) is 22.4 Å². The first-order valence-electron chi connectivity index (χ1n) is 5.20. The second-order valence-electron chi connectivity index (χ2n) is 3.48. The van der Waals surface area contributed by atoms with Crippen LogP contribution in [0.2, 0.25) is 0 Å². The normalized spacial score (nSPS) is 14.6. The summed E-state index contributed by atoms with van der Waals surface area (Å²) in [4.78, 5) is 12.6. The Bertz CT molecular complexity index is 298. The predicted octanol–water partition coefficient (Wildman–Crippen LogP) is 1.92. The van der Waals surface area contributed by atoms with Gasteiger partial charge in [-0.15, -0.1) is 11.3 Å². The van der Waals surface area contributed by atoms with Crippen LogP contribution in [0, 0.1) is 0 Å². The van der Waals surface area contributed by atoms with Gasteiger partial charge < -0.3 is 5.32 Å². The van der Waals surface area contributed by atoms with E-state index >= 15 is 0 Å². The lowest BCUT2D eigenvalue weighted by Gasteiger charge is -2.20. The zero-order chi connectivity index (χ0) is 11.3. The zero-order valence-electron chi connectivity index (χ0n) is 9.41. The van der Waals surface area contributed by atoms with Gasteiger partial charge in [0.05, 0.1) is 6.04 Å². The molecule has 1 amide bonds. The predicted molar refractivity (Wildman–Crippen MR) is 64.0 cm³/mol. The van der Waals surface area contributed by atoms with Crippen molar-refractivity contribution in [3.63, 3.8) is 0 Å². The van der Waals surface area contributed by atoms with Gasteiger partial charge in [0.1, 0.15) is 0 Å². The highest BCUT2D eigenvalue weighted by Crippen LogP contribution is 2.21. The van der Waals surface area contributed by atoms with E-state index in [0.29, 0.717) is 0 Å². The Labute approximate surface area is 94.9 Å². The molecule has 1 rings (SSSR count). The maximum atomic E-state index is 11.4. The van der Waals surface area contributed by atoms with Crippen LogP contribution in [0.25, 0.3) is 0 Å². The molecule has 2 atom stereocenters. The molecule has 84 valence electrons. The molecule has 0 spiro atoms. The van der Waals surface area contributed by atoms with Gasteiger partial charge in [-0.2, -0.15) is 0 Å². The molecule has 0 saturated carbocycles. The van der Waals surface area contributed by atoms with Crippen molar-refractivity contribution < 1.29 is 4.79 Å². The van der Waals surface area contributed by atoms with Gasteiger partial charge in [-0.1, -0.05) is 13.0 Å². The summed E-state index contributed by atoms with van der Waals surface area (Å²) >= 11 is 1.72. The van der Waals surface area contributed by atoms with E-state index in [2.05, 4.69) is 29.0 Å². The third-order valence-corrected chi connectivity index (χ3v) is 3.37. The van der Waals surface area contributed by atoms with E-state index in [1.165, 1.54) is 4.88 Å². The number of nitrogens with one attached hydrogen (secondary N) is 2. The van der Waals surface area contributed by atoms with Gasteiger partial charge in [0.15, 0.2) is 0 Å². The maximum Gasteiger partial charge on any atom is 0.236 e. The summed E-state index contributed by atoms with van der Waals surface area (Å²) in [7, 11) is 1.66. The lowest BCUT2D eigenvalue weighted by molar-refractivity contribution is -0.122. The van der Waals surface area contributed by atoms with Crippen LogP contribution >= 0.6 is 11.3 Å². The first-order chi connectivity index (χ1) is 7.19. The van der Waals surface area contributed by atoms with Crippen molar-refractivity contribution in [1.82, 2.24) is 10.6 Å². The molecular formula is C11H18N2OS. The van der Waals surface area contributed by atoms with Crippen LogP contribution < -0.4 is 10.6 Å². The Morgan fingerprint density at radius 3 is 2.80 bits per heavy atom. The average molecular weight is 226 g/mol. The second kappa shape index (κ2) is 5.88. The van der Waals surface area contributed by atoms with Crippen molar-refractivity contribution in [2.45, 2.75) is 32.4 Å². The lowest BCUT2D eigenvalue weighted by atomic mass is 10.1. The molecule has 3 nitrogen and oxygen atoms in total. The Hall–Kier alpha value is -0.870. The van der Waals surface area contributed by atoms with E-state index in [4.69, 9.17) is 0 Å². The van der Waals surface area contributed by atoms with Gasteiger partial charge in [0.25, 0.3) is 0 Å². The summed E-state index contributed by atoms with van der Waals surface area (Å²) in [5, 5.41) is 8.02. The molecule has 0 aliphatic heterocycles. The van der Waals surface area contributed by atoms with E-state index in [1.54, 1.807) is 18.4 Å². The topological polar surface area (TPSA) is 41.1 Å². The third kappa shape index (κ3) is 3.32. The highest BCUT2D eigenvalue weighted by atomic mass is 32.1. The summed E-state index contributed by atoms with van der Waals surface area (Å²) in [6, 6.07) is 4.26. The molecule has 15 heavy (non-hydrogen) atoms. The summed E-state index contributed by atoms with van der Waals surface area (Å²) in [6.45, 7) is 4.00. The Kier molecular flexibility index (Phi) is 4.78. The molecule has 4 heteroatoms. The van der Waals surface area contributed by atoms with Crippen molar-refractivity contribution in [3.8, 4) is 0 Å². The summed E-state index contributed by atoms with van der Waals surface area (Å²) in [6.07, 6.45) is 0.988. The molecular weight excluding hydrogens is 208 g/mol. The van der Waals surface area contributed by atoms with E-state index < -0.39 is 0 Å². The van der Waals surface area contributed by atoms with Crippen LogP contribution in [-0.4, -0.2) is 19.0 Å². The third-order valence-electron chi connectivity index (χ3n) is 2.39. The van der Waals surface area contributed by atoms with Crippen LogP contribution in [0.15, 0.2) is 17.5 Å². The fourth-order valence-corrected chi connectivity index (χ4v) is 2.36. The number of carbonyl (C=O) groups excluding carboxylic acids is 1. The van der Waals surface area contributed by atoms with E-state index in [0.717, 1.165) is 6.42 Å². The molecule has 0 saturated heterocycles. The summed E-state index contributed by atoms with van der Waals surface area (Å²) < 4.78 is 0. The van der Waals surface area contributed by atoms with Crippen molar-refractivity contribution in [2.75, 3.05) is 7.05 Å². The molecule has 0 bridgehead atoms. The Balaban J connectivity index is 2.58. The monoisotopic (exact) mass is 226 g/mol. The van der Waals surface area contributed by atoms with E-state index in [1.807, 2.05) is 13.0 Å². The second-order valence-corrected chi connectivity index (χ2v) is 4.46. The van der Waals surface area contributed by atoms with Crippen LogP contribution in [0.4, 0.5) is 0 Å². The summed E-state index contributed by atoms with van der Waals surface area (Å²) in [5.74, 6) is 0.0324. The number of likely N-dealkylation sites (N-methyl/N-ethyl adjacent to an activating group) is 1. The number of hydrogen-bond acceptors (Lipinski definition) is 3. The first-order valence-corrected chi connectivity index (χ1v) is 6.08. The van der Waals surface area contributed by atoms with Crippen molar-refractivity contribution in [1.29, 1.82) is 0 Å². The SMILES string of the molecule is CCC(NC(C)C(=O)NC)c1cccs1. The van der Waals surface area contributed by atoms with Crippen molar-refractivity contribution in [2.24, 2.45) is 0 Å². The number of thiophene rings is 1. The number of hydrogen-bond donors (Lipinski definition) is 2. The maximum absolute atomic E-state index is 11.4. The van der Waals surface area contributed by atoms with Gasteiger partial charge in [-0.05, 0) is 24.8 Å². The molecule has 0 aromatic carbocycles. The van der Waals surface area contributed by atoms with Gasteiger partial charge in [0, 0.05) is 18.0 Å². The number of rotatable bonds is 5. The highest BCUT2D eigenvalue weighted by molar-refractivity contribution is 7.10. The van der Waals surface area contributed by atoms with E-state index in [-0.39, 0.29) is 18.0 Å². The molecule has 0 aliphatic carbocycles. The van der Waals surface area contributed by atoms with Gasteiger partial charge in [0.2, 0.25) is 5.91 Å². The minimum atomic E-state index is -0.151. The Morgan fingerprint density at radius 2 is 2.33 bits per heavy atom. The molecule has 2 unspecified atom stereocenters. The van der Waals surface area contributed by atoms with E-state index in [9.17, 15) is 4.79 Å². The van der Waals surface area contributed by atoms with Crippen LogP contribution in [0.1, 0.15) is 31.2 Å². The molecule has 0 radical (unpaired) electrons.